The molecule has 0 aliphatic rings. The maximum atomic E-state index is 13.6. The van der Waals surface area contributed by atoms with Crippen LogP contribution in [0.25, 0.3) is 0 Å². The van der Waals surface area contributed by atoms with Gasteiger partial charge in [0.2, 0.25) is 0 Å². The van der Waals surface area contributed by atoms with E-state index in [0.717, 1.165) is 6.07 Å². The number of benzene rings is 1. The van der Waals surface area contributed by atoms with E-state index in [1.54, 1.807) is 6.92 Å². The zero-order valence-electron chi connectivity index (χ0n) is 11.1. The molecule has 1 aromatic carbocycles. The number of nitrogens with zero attached hydrogens (tertiary/aromatic N) is 2. The number of nitriles is 1. The molecule has 0 aliphatic carbocycles. The van der Waals surface area contributed by atoms with E-state index in [1.807, 2.05) is 6.07 Å². The van der Waals surface area contributed by atoms with Crippen LogP contribution in [0.5, 0.6) is 0 Å². The molecule has 0 radical (unpaired) electrons. The summed E-state index contributed by atoms with van der Waals surface area (Å²) in [4.78, 5) is 23.8. The van der Waals surface area contributed by atoms with Crippen LogP contribution in [-0.4, -0.2) is 35.1 Å². The van der Waals surface area contributed by atoms with E-state index in [1.165, 1.54) is 24.1 Å². The molecule has 0 saturated carbocycles. The highest BCUT2D eigenvalue weighted by Gasteiger charge is 2.17. The number of anilines is 1. The number of carboxylic acids is 1. The molecule has 0 saturated heterocycles. The molecule has 0 fully saturated rings. The average Bonchev–Trinajstić information content (AvgIpc) is 2.40. The van der Waals surface area contributed by atoms with Gasteiger partial charge in [-0.25, -0.2) is 14.0 Å². The van der Waals surface area contributed by atoms with Crippen molar-refractivity contribution in [2.75, 3.05) is 12.4 Å². The number of amides is 2. The fraction of sp³-hybridized carbons (Fsp3) is 0.308. The molecule has 0 spiro atoms. The molecule has 0 bridgehead atoms. The molecule has 0 aliphatic heterocycles. The Hall–Kier alpha value is -2.62. The Bertz CT molecular complexity index is 568. The summed E-state index contributed by atoms with van der Waals surface area (Å²) in [5, 5.41) is 19.6. The Morgan fingerprint density at radius 1 is 1.55 bits per heavy atom. The van der Waals surface area contributed by atoms with E-state index in [2.05, 4.69) is 5.32 Å². The zero-order valence-corrected chi connectivity index (χ0v) is 11.1. The lowest BCUT2D eigenvalue weighted by molar-refractivity contribution is 0.0696. The standard InChI is InChI=1S/C13H14FN3O3/c1-8(5-6-15)17(2)13(20)16-11-4-3-9(12(18)19)7-10(11)14/h3-4,7-8H,5H2,1-2H3,(H,16,20)(H,18,19). The molecule has 1 atom stereocenters. The minimum Gasteiger partial charge on any atom is -0.478 e. The number of carbonyl (C=O) groups excluding carboxylic acids is 1. The maximum absolute atomic E-state index is 13.6. The van der Waals surface area contributed by atoms with E-state index < -0.39 is 17.8 Å². The molecule has 20 heavy (non-hydrogen) atoms. The van der Waals surface area contributed by atoms with Crippen LogP contribution in [0.4, 0.5) is 14.9 Å². The molecule has 1 unspecified atom stereocenters. The molecule has 0 aromatic heterocycles. The van der Waals surface area contributed by atoms with Crippen molar-refractivity contribution in [1.82, 2.24) is 4.90 Å². The van der Waals surface area contributed by atoms with Gasteiger partial charge in [-0.1, -0.05) is 0 Å². The molecule has 1 aromatic rings. The topological polar surface area (TPSA) is 93.4 Å². The second kappa shape index (κ2) is 6.52. The molecule has 2 amide bonds. The van der Waals surface area contributed by atoms with Gasteiger partial charge < -0.3 is 15.3 Å². The fourth-order valence-electron chi connectivity index (χ4n) is 1.42. The molecule has 2 N–H and O–H groups in total. The van der Waals surface area contributed by atoms with Gasteiger partial charge in [0.15, 0.2) is 0 Å². The molecule has 6 nitrogen and oxygen atoms in total. The van der Waals surface area contributed by atoms with Crippen LogP contribution < -0.4 is 5.32 Å². The quantitative estimate of drug-likeness (QED) is 0.884. The van der Waals surface area contributed by atoms with E-state index >= 15 is 0 Å². The van der Waals surface area contributed by atoms with Crippen molar-refractivity contribution in [2.45, 2.75) is 19.4 Å². The van der Waals surface area contributed by atoms with Crippen LogP contribution in [0.15, 0.2) is 18.2 Å². The van der Waals surface area contributed by atoms with Crippen LogP contribution in [0.1, 0.15) is 23.7 Å². The number of carboxylic acid groups (broad SMARTS) is 1. The first-order valence-corrected chi connectivity index (χ1v) is 5.80. The van der Waals surface area contributed by atoms with Crippen LogP contribution in [-0.2, 0) is 0 Å². The maximum Gasteiger partial charge on any atom is 0.335 e. The highest BCUT2D eigenvalue weighted by molar-refractivity contribution is 5.91. The summed E-state index contributed by atoms with van der Waals surface area (Å²) in [5.74, 6) is -2.08. The molecule has 1 rings (SSSR count). The van der Waals surface area contributed by atoms with Gasteiger partial charge in [-0.2, -0.15) is 5.26 Å². The predicted molar refractivity (Wildman–Crippen MR) is 69.8 cm³/mol. The highest BCUT2D eigenvalue weighted by Crippen LogP contribution is 2.17. The summed E-state index contributed by atoms with van der Waals surface area (Å²) >= 11 is 0. The Morgan fingerprint density at radius 2 is 2.20 bits per heavy atom. The summed E-state index contributed by atoms with van der Waals surface area (Å²) in [5.41, 5.74) is -0.317. The first kappa shape index (κ1) is 15.4. The van der Waals surface area contributed by atoms with Crippen molar-refractivity contribution in [2.24, 2.45) is 0 Å². The van der Waals surface area contributed by atoms with Crippen molar-refractivity contribution in [3.63, 3.8) is 0 Å². The third-order valence-corrected chi connectivity index (χ3v) is 2.83. The number of nitrogens with one attached hydrogen (secondary N) is 1. The van der Waals surface area contributed by atoms with E-state index in [4.69, 9.17) is 10.4 Å². The Morgan fingerprint density at radius 3 is 2.70 bits per heavy atom. The molecule has 0 heterocycles. The highest BCUT2D eigenvalue weighted by atomic mass is 19.1. The van der Waals surface area contributed by atoms with Gasteiger partial charge >= 0.3 is 12.0 Å². The molecule has 7 heteroatoms. The van der Waals surface area contributed by atoms with Crippen LogP contribution >= 0.6 is 0 Å². The fourth-order valence-corrected chi connectivity index (χ4v) is 1.42. The minimum absolute atomic E-state index is 0.115. The molecular formula is C13H14FN3O3. The summed E-state index contributed by atoms with van der Waals surface area (Å²) < 4.78 is 13.6. The van der Waals surface area contributed by atoms with E-state index in [9.17, 15) is 14.0 Å². The third kappa shape index (κ3) is 3.68. The summed E-state index contributed by atoms with van der Waals surface area (Å²) in [7, 11) is 1.49. The Labute approximate surface area is 115 Å². The summed E-state index contributed by atoms with van der Waals surface area (Å²) in [6, 6.07) is 4.25. The van der Waals surface area contributed by atoms with Crippen molar-refractivity contribution in [1.29, 1.82) is 5.26 Å². The van der Waals surface area contributed by atoms with Gasteiger partial charge in [0.1, 0.15) is 5.82 Å². The van der Waals surface area contributed by atoms with Gasteiger partial charge in [-0.05, 0) is 25.1 Å². The van der Waals surface area contributed by atoms with Gasteiger partial charge in [0.25, 0.3) is 0 Å². The van der Waals surface area contributed by atoms with Crippen LogP contribution in [0, 0.1) is 17.1 Å². The van der Waals surface area contributed by atoms with Crippen molar-refractivity contribution in [3.8, 4) is 6.07 Å². The smallest absolute Gasteiger partial charge is 0.335 e. The van der Waals surface area contributed by atoms with Gasteiger partial charge in [-0.3, -0.25) is 0 Å². The third-order valence-electron chi connectivity index (χ3n) is 2.83. The number of hydrogen-bond donors (Lipinski definition) is 2. The van der Waals surface area contributed by atoms with E-state index in [0.29, 0.717) is 0 Å². The minimum atomic E-state index is -1.25. The van der Waals surface area contributed by atoms with Crippen LogP contribution in [0.2, 0.25) is 0 Å². The SMILES string of the molecule is CC(CC#N)N(C)C(=O)Nc1ccc(C(=O)O)cc1F. The largest absolute Gasteiger partial charge is 0.478 e. The number of halogens is 1. The first-order valence-electron chi connectivity index (χ1n) is 5.80. The lowest BCUT2D eigenvalue weighted by atomic mass is 10.2. The lowest BCUT2D eigenvalue weighted by Crippen LogP contribution is -2.38. The van der Waals surface area contributed by atoms with Gasteiger partial charge in [-0.15, -0.1) is 0 Å². The zero-order chi connectivity index (χ0) is 15.3. The second-order valence-electron chi connectivity index (χ2n) is 4.25. The normalized spacial score (nSPS) is 11.3. The average molecular weight is 279 g/mol. The number of carbonyl (C=O) groups is 2. The Kier molecular flexibility index (Phi) is 5.03. The number of urea groups is 1. The van der Waals surface area contributed by atoms with Crippen molar-refractivity contribution >= 4 is 17.7 Å². The first-order chi connectivity index (χ1) is 9.36. The number of hydrogen-bond acceptors (Lipinski definition) is 3. The molecule has 106 valence electrons. The van der Waals surface area contributed by atoms with Crippen LogP contribution in [0.3, 0.4) is 0 Å². The van der Waals surface area contributed by atoms with Gasteiger partial charge in [0.05, 0.1) is 23.7 Å². The number of rotatable bonds is 4. The summed E-state index contributed by atoms with van der Waals surface area (Å²) in [6.07, 6.45) is 0.157. The lowest BCUT2D eigenvalue weighted by Gasteiger charge is -2.23. The van der Waals surface area contributed by atoms with Crippen molar-refractivity contribution in [3.05, 3.63) is 29.6 Å². The monoisotopic (exact) mass is 279 g/mol. The number of aromatic carboxylic acids is 1. The van der Waals surface area contributed by atoms with E-state index in [-0.39, 0.29) is 23.7 Å². The predicted octanol–water partition coefficient (Wildman–Crippen LogP) is 2.29. The summed E-state index contributed by atoms with van der Waals surface area (Å²) in [6.45, 7) is 1.69. The Balaban J connectivity index is 2.81. The van der Waals surface area contributed by atoms with Crippen molar-refractivity contribution < 1.29 is 19.1 Å². The molecular weight excluding hydrogens is 265 g/mol. The second-order valence-corrected chi connectivity index (χ2v) is 4.25. The van der Waals surface area contributed by atoms with Gasteiger partial charge in [0, 0.05) is 13.1 Å².